The zero-order chi connectivity index (χ0) is 10.1. The van der Waals surface area contributed by atoms with Gasteiger partial charge in [-0.3, -0.25) is 0 Å². The third-order valence-electron chi connectivity index (χ3n) is 2.44. The van der Waals surface area contributed by atoms with Crippen LogP contribution in [0.5, 0.6) is 0 Å². The van der Waals surface area contributed by atoms with Gasteiger partial charge in [0.1, 0.15) is 12.0 Å². The van der Waals surface area contributed by atoms with Crippen molar-refractivity contribution in [1.29, 1.82) is 0 Å². The van der Waals surface area contributed by atoms with Gasteiger partial charge in [0.2, 0.25) is 0 Å². The SMILES string of the molecule is CCCCCCCCCc1conn1. The summed E-state index contributed by atoms with van der Waals surface area (Å²) in [6, 6.07) is 0. The highest BCUT2D eigenvalue weighted by Gasteiger charge is 1.97. The molecule has 0 aliphatic carbocycles. The lowest BCUT2D eigenvalue weighted by Crippen LogP contribution is -1.86. The second kappa shape index (κ2) is 7.54. The lowest BCUT2D eigenvalue weighted by Gasteiger charge is -1.98. The van der Waals surface area contributed by atoms with Crippen molar-refractivity contribution in [3.05, 3.63) is 12.0 Å². The summed E-state index contributed by atoms with van der Waals surface area (Å²) in [5, 5.41) is 7.28. The standard InChI is InChI=1S/C11H20N2O/c1-2-3-4-5-6-7-8-9-11-10-14-13-12-11/h10H,2-9H2,1H3. The van der Waals surface area contributed by atoms with Crippen LogP contribution < -0.4 is 0 Å². The van der Waals surface area contributed by atoms with Gasteiger partial charge in [0.25, 0.3) is 0 Å². The van der Waals surface area contributed by atoms with Crippen molar-refractivity contribution < 1.29 is 4.52 Å². The van der Waals surface area contributed by atoms with Crippen molar-refractivity contribution >= 4 is 0 Å². The Bertz CT molecular complexity index is 209. The van der Waals surface area contributed by atoms with Gasteiger partial charge in [-0.1, -0.05) is 45.4 Å². The Morgan fingerprint density at radius 3 is 2.43 bits per heavy atom. The van der Waals surface area contributed by atoms with Crippen LogP contribution in [0.1, 0.15) is 57.6 Å². The van der Waals surface area contributed by atoms with E-state index < -0.39 is 0 Å². The fraction of sp³-hybridized carbons (Fsp3) is 0.818. The molecule has 1 aromatic heterocycles. The third-order valence-corrected chi connectivity index (χ3v) is 2.44. The molecule has 0 atom stereocenters. The van der Waals surface area contributed by atoms with E-state index >= 15 is 0 Å². The molecule has 1 rings (SSSR count). The first-order chi connectivity index (χ1) is 6.93. The van der Waals surface area contributed by atoms with Crippen molar-refractivity contribution in [3.63, 3.8) is 0 Å². The maximum absolute atomic E-state index is 4.66. The second-order valence-electron chi connectivity index (χ2n) is 3.77. The minimum absolute atomic E-state index is 0.985. The van der Waals surface area contributed by atoms with E-state index in [1.165, 1.54) is 44.9 Å². The Morgan fingerprint density at radius 2 is 1.79 bits per heavy atom. The average molecular weight is 196 g/mol. The minimum Gasteiger partial charge on any atom is -0.345 e. The number of unbranched alkanes of at least 4 members (excludes halogenated alkanes) is 6. The van der Waals surface area contributed by atoms with Gasteiger partial charge in [-0.2, -0.15) is 0 Å². The topological polar surface area (TPSA) is 38.9 Å². The van der Waals surface area contributed by atoms with Gasteiger partial charge < -0.3 is 4.52 Å². The highest BCUT2D eigenvalue weighted by Crippen LogP contribution is 2.08. The quantitative estimate of drug-likeness (QED) is 0.598. The van der Waals surface area contributed by atoms with E-state index in [0.717, 1.165) is 12.1 Å². The van der Waals surface area contributed by atoms with Gasteiger partial charge >= 0.3 is 0 Å². The van der Waals surface area contributed by atoms with Crippen LogP contribution in [0.25, 0.3) is 0 Å². The predicted molar refractivity (Wildman–Crippen MR) is 56.0 cm³/mol. The molecule has 1 heterocycles. The second-order valence-corrected chi connectivity index (χ2v) is 3.77. The number of hydrogen-bond acceptors (Lipinski definition) is 3. The number of rotatable bonds is 8. The van der Waals surface area contributed by atoms with Gasteiger partial charge in [0, 0.05) is 5.27 Å². The van der Waals surface area contributed by atoms with Crippen LogP contribution >= 0.6 is 0 Å². The molecule has 0 unspecified atom stereocenters. The number of aromatic nitrogens is 2. The first-order valence-corrected chi connectivity index (χ1v) is 5.69. The minimum atomic E-state index is 0.985. The number of aryl methyl sites for hydroxylation is 1. The van der Waals surface area contributed by atoms with Crippen LogP contribution in [0.3, 0.4) is 0 Å². The highest BCUT2D eigenvalue weighted by atomic mass is 16.5. The lowest BCUT2D eigenvalue weighted by molar-refractivity contribution is 0.392. The Kier molecular flexibility index (Phi) is 6.04. The zero-order valence-corrected chi connectivity index (χ0v) is 9.04. The van der Waals surface area contributed by atoms with Crippen LogP contribution in [0.15, 0.2) is 10.8 Å². The molecule has 14 heavy (non-hydrogen) atoms. The van der Waals surface area contributed by atoms with Gasteiger partial charge in [0.15, 0.2) is 0 Å². The number of hydrogen-bond donors (Lipinski definition) is 0. The van der Waals surface area contributed by atoms with Crippen molar-refractivity contribution in [3.8, 4) is 0 Å². The van der Waals surface area contributed by atoms with Crippen LogP contribution in [-0.2, 0) is 6.42 Å². The first kappa shape index (κ1) is 11.2. The molecule has 0 saturated heterocycles. The van der Waals surface area contributed by atoms with Crippen LogP contribution in [-0.4, -0.2) is 10.4 Å². The molecular formula is C11H20N2O. The Hall–Kier alpha value is -0.860. The van der Waals surface area contributed by atoms with Gasteiger partial charge in [-0.15, -0.1) is 5.10 Å². The van der Waals surface area contributed by atoms with Crippen LogP contribution in [0.2, 0.25) is 0 Å². The molecule has 80 valence electrons. The first-order valence-electron chi connectivity index (χ1n) is 5.69. The molecule has 1 aromatic rings. The molecule has 0 fully saturated rings. The van der Waals surface area contributed by atoms with Crippen LogP contribution in [0, 0.1) is 0 Å². The highest BCUT2D eigenvalue weighted by molar-refractivity contribution is 4.87. The smallest absolute Gasteiger partial charge is 0.147 e. The summed E-state index contributed by atoms with van der Waals surface area (Å²) >= 11 is 0. The molecule has 0 saturated carbocycles. The maximum Gasteiger partial charge on any atom is 0.147 e. The maximum atomic E-state index is 4.66. The lowest BCUT2D eigenvalue weighted by atomic mass is 10.1. The Balaban J connectivity index is 1.85. The summed E-state index contributed by atoms with van der Waals surface area (Å²) in [6.07, 6.45) is 12.0. The molecule has 0 N–H and O–H groups in total. The van der Waals surface area contributed by atoms with Crippen LogP contribution in [0.4, 0.5) is 0 Å². The van der Waals surface area contributed by atoms with E-state index in [4.69, 9.17) is 0 Å². The molecular weight excluding hydrogens is 176 g/mol. The van der Waals surface area contributed by atoms with Gasteiger partial charge in [-0.25, -0.2) is 0 Å². The summed E-state index contributed by atoms with van der Waals surface area (Å²) in [5.74, 6) is 0. The largest absolute Gasteiger partial charge is 0.345 e. The summed E-state index contributed by atoms with van der Waals surface area (Å²) in [7, 11) is 0. The van der Waals surface area contributed by atoms with E-state index in [9.17, 15) is 0 Å². The van der Waals surface area contributed by atoms with E-state index in [2.05, 4.69) is 21.8 Å². The van der Waals surface area contributed by atoms with Crippen molar-refractivity contribution in [2.24, 2.45) is 0 Å². The van der Waals surface area contributed by atoms with Crippen molar-refractivity contribution in [1.82, 2.24) is 10.4 Å². The third kappa shape index (κ3) is 5.00. The summed E-state index contributed by atoms with van der Waals surface area (Å²) in [6.45, 7) is 2.25. The fourth-order valence-electron chi connectivity index (χ4n) is 1.56. The Labute approximate surface area is 85.9 Å². The molecule has 0 aromatic carbocycles. The molecule has 0 amide bonds. The molecule has 0 radical (unpaired) electrons. The van der Waals surface area contributed by atoms with Gasteiger partial charge in [-0.05, 0) is 12.8 Å². The molecule has 0 aliphatic rings. The summed E-state index contributed by atoms with van der Waals surface area (Å²) in [5.41, 5.74) is 0.985. The molecule has 0 bridgehead atoms. The normalized spacial score (nSPS) is 10.6. The predicted octanol–water partition coefficient (Wildman–Crippen LogP) is 3.36. The zero-order valence-electron chi connectivity index (χ0n) is 9.04. The van der Waals surface area contributed by atoms with Gasteiger partial charge in [0.05, 0.1) is 0 Å². The van der Waals surface area contributed by atoms with E-state index in [1.54, 1.807) is 6.26 Å². The molecule has 3 heteroatoms. The monoisotopic (exact) mass is 196 g/mol. The van der Waals surface area contributed by atoms with E-state index in [-0.39, 0.29) is 0 Å². The van der Waals surface area contributed by atoms with Crippen molar-refractivity contribution in [2.75, 3.05) is 0 Å². The van der Waals surface area contributed by atoms with E-state index in [1.807, 2.05) is 0 Å². The Morgan fingerprint density at radius 1 is 1.07 bits per heavy atom. The number of nitrogens with zero attached hydrogens (tertiary/aromatic N) is 2. The van der Waals surface area contributed by atoms with Crippen molar-refractivity contribution in [2.45, 2.75) is 58.3 Å². The molecule has 0 aliphatic heterocycles. The molecule has 3 nitrogen and oxygen atoms in total. The molecule has 0 spiro atoms. The van der Waals surface area contributed by atoms with E-state index in [0.29, 0.717) is 0 Å². The average Bonchev–Trinajstić information content (AvgIpc) is 2.69. The summed E-state index contributed by atoms with van der Waals surface area (Å²) in [4.78, 5) is 0. The summed E-state index contributed by atoms with van der Waals surface area (Å²) < 4.78 is 4.66. The fourth-order valence-corrected chi connectivity index (χ4v) is 1.56.